The Kier molecular flexibility index (Phi) is 6.84. The monoisotopic (exact) mass is 514 g/mol. The zero-order valence-electron chi connectivity index (χ0n) is 22.7. The summed E-state index contributed by atoms with van der Waals surface area (Å²) in [6.07, 6.45) is 0. The molecule has 0 saturated carbocycles. The van der Waals surface area contributed by atoms with E-state index in [2.05, 4.69) is 34.3 Å². The number of anilines is 2. The maximum atomic E-state index is 13.0. The van der Waals surface area contributed by atoms with Crippen LogP contribution in [0.3, 0.4) is 0 Å². The maximum Gasteiger partial charge on any atom is 0.233 e. The number of aromatic nitrogens is 2. The van der Waals surface area contributed by atoms with E-state index in [0.717, 1.165) is 39.3 Å². The highest BCUT2D eigenvalue weighted by molar-refractivity contribution is 5.94. The van der Waals surface area contributed by atoms with Crippen LogP contribution in [0.15, 0.2) is 30.3 Å². The van der Waals surface area contributed by atoms with E-state index in [-0.39, 0.29) is 17.4 Å². The van der Waals surface area contributed by atoms with Crippen molar-refractivity contribution >= 4 is 28.3 Å². The number of carbonyl (C=O) groups is 1. The minimum Gasteiger partial charge on any atom is -0.495 e. The van der Waals surface area contributed by atoms with Gasteiger partial charge >= 0.3 is 0 Å². The molecular weight excluding hydrogens is 480 g/mol. The normalized spacial score (nSPS) is 17.5. The minimum atomic E-state index is -0.389. The van der Waals surface area contributed by atoms with E-state index in [1.807, 2.05) is 49.9 Å². The minimum absolute atomic E-state index is 0.0715. The number of nitrogens with zero attached hydrogens (tertiary/aromatic N) is 5. The molecule has 3 aromatic rings. The fourth-order valence-corrected chi connectivity index (χ4v) is 5.37. The molecule has 2 aliphatic heterocycles. The van der Waals surface area contributed by atoms with Gasteiger partial charge < -0.3 is 24.6 Å². The second-order valence-corrected chi connectivity index (χ2v) is 10.5. The summed E-state index contributed by atoms with van der Waals surface area (Å²) in [6.45, 7) is 11.6. The molecule has 3 heterocycles. The van der Waals surface area contributed by atoms with Crippen LogP contribution in [0.5, 0.6) is 5.75 Å². The van der Waals surface area contributed by atoms with E-state index in [1.165, 1.54) is 0 Å². The molecule has 9 nitrogen and oxygen atoms in total. The first-order valence-electron chi connectivity index (χ1n) is 13.0. The van der Waals surface area contributed by atoms with Crippen molar-refractivity contribution in [3.8, 4) is 11.8 Å². The van der Waals surface area contributed by atoms with Crippen LogP contribution in [0, 0.1) is 30.6 Å². The molecular formula is C29H34N6O3. The molecule has 2 aromatic carbocycles. The Morgan fingerprint density at radius 1 is 1.18 bits per heavy atom. The van der Waals surface area contributed by atoms with Crippen LogP contribution in [0.1, 0.15) is 42.4 Å². The molecule has 1 amide bonds. The predicted molar refractivity (Wildman–Crippen MR) is 146 cm³/mol. The van der Waals surface area contributed by atoms with Gasteiger partial charge in [0, 0.05) is 37.6 Å². The van der Waals surface area contributed by atoms with Crippen molar-refractivity contribution in [2.45, 2.75) is 33.7 Å². The van der Waals surface area contributed by atoms with Crippen LogP contribution in [-0.2, 0) is 9.53 Å². The summed E-state index contributed by atoms with van der Waals surface area (Å²) in [5.74, 6) is 2.31. The molecule has 38 heavy (non-hydrogen) atoms. The van der Waals surface area contributed by atoms with Crippen molar-refractivity contribution < 1.29 is 14.3 Å². The molecule has 0 bridgehead atoms. The number of ether oxygens (including phenoxy) is 2. The molecule has 9 heteroatoms. The van der Waals surface area contributed by atoms with Crippen LogP contribution in [0.4, 0.5) is 11.5 Å². The number of carbonyl (C=O) groups excluding carboxylic acids is 1. The van der Waals surface area contributed by atoms with Gasteiger partial charge in [-0.1, -0.05) is 12.1 Å². The molecule has 2 aliphatic rings. The number of rotatable bonds is 6. The van der Waals surface area contributed by atoms with Crippen LogP contribution in [0.25, 0.3) is 10.9 Å². The van der Waals surface area contributed by atoms with Crippen molar-refractivity contribution in [1.82, 2.24) is 14.9 Å². The van der Waals surface area contributed by atoms with Gasteiger partial charge in [-0.2, -0.15) is 5.26 Å². The number of nitrogens with one attached hydrogen (secondary N) is 1. The van der Waals surface area contributed by atoms with E-state index in [4.69, 9.17) is 14.5 Å². The topological polar surface area (TPSA) is 104 Å². The first kappa shape index (κ1) is 25.7. The number of piperazine rings is 1. The average molecular weight is 515 g/mol. The van der Waals surface area contributed by atoms with E-state index < -0.39 is 0 Å². The van der Waals surface area contributed by atoms with Crippen LogP contribution < -0.4 is 15.0 Å². The fourth-order valence-electron chi connectivity index (χ4n) is 5.37. The van der Waals surface area contributed by atoms with Gasteiger partial charge in [-0.05, 0) is 51.0 Å². The van der Waals surface area contributed by atoms with Gasteiger partial charge in [0.1, 0.15) is 17.4 Å². The summed E-state index contributed by atoms with van der Waals surface area (Å²) in [4.78, 5) is 26.6. The first-order chi connectivity index (χ1) is 18.2. The molecule has 0 radical (unpaired) electrons. The van der Waals surface area contributed by atoms with Gasteiger partial charge in [0.25, 0.3) is 0 Å². The Morgan fingerprint density at radius 2 is 1.92 bits per heavy atom. The van der Waals surface area contributed by atoms with Gasteiger partial charge in [-0.3, -0.25) is 4.79 Å². The SMILES string of the molecule is COc1cc2nc(C)nc(N[C@H](C)c3cccc(C#N)c3C)c2cc1N1CCN(C(=O)C2(C)COC2)CC1. The highest BCUT2D eigenvalue weighted by Gasteiger charge is 2.44. The van der Waals surface area contributed by atoms with Gasteiger partial charge in [0.05, 0.1) is 54.6 Å². The summed E-state index contributed by atoms with van der Waals surface area (Å²) in [6, 6.07) is 12.0. The third kappa shape index (κ3) is 4.61. The number of fused-ring (bicyclic) bond motifs is 1. The quantitative estimate of drug-likeness (QED) is 0.527. The lowest BCUT2D eigenvalue weighted by Crippen LogP contribution is -2.58. The van der Waals surface area contributed by atoms with Crippen molar-refractivity contribution in [1.29, 1.82) is 5.26 Å². The molecule has 5 rings (SSSR count). The second-order valence-electron chi connectivity index (χ2n) is 10.5. The summed E-state index contributed by atoms with van der Waals surface area (Å²) in [7, 11) is 1.67. The summed E-state index contributed by atoms with van der Waals surface area (Å²) in [5, 5.41) is 13.9. The third-order valence-corrected chi connectivity index (χ3v) is 7.69. The second kappa shape index (κ2) is 10.1. The highest BCUT2D eigenvalue weighted by Crippen LogP contribution is 2.37. The standard InChI is InChI=1S/C29H34N6O3/c1-18-21(15-30)7-6-8-22(18)19(2)31-27-23-13-25(26(37-5)14-24(23)32-20(3)33-27)34-9-11-35(12-10-34)28(36)29(4)16-38-17-29/h6-8,13-14,19H,9-12,16-17H2,1-5H3,(H,31,32,33)/t19-/m1/s1. The summed E-state index contributed by atoms with van der Waals surface area (Å²) >= 11 is 0. The number of hydrogen-bond donors (Lipinski definition) is 1. The van der Waals surface area contributed by atoms with Crippen molar-refractivity contribution in [3.05, 3.63) is 52.8 Å². The zero-order valence-corrected chi connectivity index (χ0v) is 22.7. The van der Waals surface area contributed by atoms with Crippen LogP contribution >= 0.6 is 0 Å². The largest absolute Gasteiger partial charge is 0.495 e. The van der Waals surface area contributed by atoms with E-state index in [1.54, 1.807) is 7.11 Å². The van der Waals surface area contributed by atoms with Crippen molar-refractivity contribution in [2.24, 2.45) is 5.41 Å². The zero-order chi connectivity index (χ0) is 27.0. The van der Waals surface area contributed by atoms with Crippen LogP contribution in [-0.4, -0.2) is 67.3 Å². The lowest BCUT2D eigenvalue weighted by Gasteiger charge is -2.43. The van der Waals surface area contributed by atoms with E-state index >= 15 is 0 Å². The summed E-state index contributed by atoms with van der Waals surface area (Å²) < 4.78 is 11.1. The lowest BCUT2D eigenvalue weighted by molar-refractivity contribution is -0.169. The fraction of sp³-hybridized carbons (Fsp3) is 0.448. The first-order valence-corrected chi connectivity index (χ1v) is 13.0. The average Bonchev–Trinajstić information content (AvgIpc) is 2.90. The Hall–Kier alpha value is -3.90. The molecule has 0 spiro atoms. The predicted octanol–water partition coefficient (Wildman–Crippen LogP) is 3.99. The molecule has 2 saturated heterocycles. The molecule has 0 unspecified atom stereocenters. The lowest BCUT2D eigenvalue weighted by atomic mass is 9.86. The van der Waals surface area contributed by atoms with Gasteiger partial charge in [0.15, 0.2) is 0 Å². The van der Waals surface area contributed by atoms with Gasteiger partial charge in [-0.15, -0.1) is 0 Å². The number of methoxy groups -OCH3 is 1. The van der Waals surface area contributed by atoms with Gasteiger partial charge in [-0.25, -0.2) is 9.97 Å². The van der Waals surface area contributed by atoms with E-state index in [0.29, 0.717) is 50.8 Å². The number of hydrogen-bond acceptors (Lipinski definition) is 8. The molecule has 198 valence electrons. The molecule has 1 aromatic heterocycles. The van der Waals surface area contributed by atoms with Crippen molar-refractivity contribution in [3.63, 3.8) is 0 Å². The van der Waals surface area contributed by atoms with E-state index in [9.17, 15) is 10.1 Å². The number of aryl methyl sites for hydroxylation is 1. The summed E-state index contributed by atoms with van der Waals surface area (Å²) in [5.41, 5.74) is 4.04. The number of nitriles is 1. The van der Waals surface area contributed by atoms with Crippen LogP contribution in [0.2, 0.25) is 0 Å². The number of amides is 1. The Balaban J connectivity index is 1.44. The molecule has 1 atom stereocenters. The van der Waals surface area contributed by atoms with Crippen molar-refractivity contribution in [2.75, 3.05) is 56.7 Å². The Bertz CT molecular complexity index is 1420. The smallest absolute Gasteiger partial charge is 0.233 e. The third-order valence-electron chi connectivity index (χ3n) is 7.69. The molecule has 1 N–H and O–H groups in total. The van der Waals surface area contributed by atoms with Gasteiger partial charge in [0.2, 0.25) is 5.91 Å². The molecule has 2 fully saturated rings. The molecule has 0 aliphatic carbocycles. The Morgan fingerprint density at radius 3 is 2.55 bits per heavy atom. The number of benzene rings is 2. The maximum absolute atomic E-state index is 13.0. The Labute approximate surface area is 223 Å². The highest BCUT2D eigenvalue weighted by atomic mass is 16.5.